The fourth-order valence-corrected chi connectivity index (χ4v) is 1.68. The van der Waals surface area contributed by atoms with E-state index in [1.165, 1.54) is 12.1 Å². The van der Waals surface area contributed by atoms with Gasteiger partial charge < -0.3 is 0 Å². The quantitative estimate of drug-likeness (QED) is 0.612. The highest BCUT2D eigenvalue weighted by molar-refractivity contribution is 6.32. The lowest BCUT2D eigenvalue weighted by Gasteiger charge is -2.08. The second-order valence-electron chi connectivity index (χ2n) is 4.29. The van der Waals surface area contributed by atoms with Crippen molar-refractivity contribution in [1.82, 2.24) is 0 Å². The Labute approximate surface area is 105 Å². The van der Waals surface area contributed by atoms with Crippen LogP contribution in [0.2, 0.25) is 5.02 Å². The lowest BCUT2D eigenvalue weighted by molar-refractivity contribution is -0.384. The Bertz CT molecular complexity index is 469. The summed E-state index contributed by atoms with van der Waals surface area (Å²) in [6.45, 7) is 5.39. The lowest BCUT2D eigenvalue weighted by atomic mass is 9.97. The number of halogens is 1. The smallest absolute Gasteiger partial charge is 0.288 e. The highest BCUT2D eigenvalue weighted by atomic mass is 35.5. The summed E-state index contributed by atoms with van der Waals surface area (Å²) in [5.74, 6) is 0.0430. The van der Waals surface area contributed by atoms with Gasteiger partial charge in [0.25, 0.3) is 5.69 Å². The van der Waals surface area contributed by atoms with Crippen LogP contribution in [0.15, 0.2) is 12.1 Å². The number of hydrogen-bond donors (Lipinski definition) is 0. The standard InChI is InChI=1S/C12H14ClNO3/c1-7(2)12(15)6-9-5-10(13)11(14(16)17)4-8(9)3/h4-5,7H,6H2,1-3H3. The molecule has 0 amide bonds. The number of aryl methyl sites for hydroxylation is 1. The van der Waals surface area contributed by atoms with Crippen LogP contribution in [0.3, 0.4) is 0 Å². The predicted molar refractivity (Wildman–Crippen MR) is 66.4 cm³/mol. The zero-order valence-electron chi connectivity index (χ0n) is 9.99. The van der Waals surface area contributed by atoms with Gasteiger partial charge in [-0.1, -0.05) is 25.4 Å². The van der Waals surface area contributed by atoms with Gasteiger partial charge in [0.05, 0.1) is 4.92 Å². The second-order valence-corrected chi connectivity index (χ2v) is 4.69. The molecule has 0 N–H and O–H groups in total. The molecule has 0 unspecified atom stereocenters. The predicted octanol–water partition coefficient (Wildman–Crippen LogP) is 3.32. The fraction of sp³-hybridized carbons (Fsp3) is 0.417. The summed E-state index contributed by atoms with van der Waals surface area (Å²) in [7, 11) is 0. The van der Waals surface area contributed by atoms with E-state index in [1.54, 1.807) is 6.92 Å². The van der Waals surface area contributed by atoms with E-state index in [2.05, 4.69) is 0 Å². The maximum Gasteiger partial charge on any atom is 0.288 e. The number of carbonyl (C=O) groups excluding carboxylic acids is 1. The van der Waals surface area contributed by atoms with Crippen molar-refractivity contribution < 1.29 is 9.72 Å². The number of nitrogens with zero attached hydrogens (tertiary/aromatic N) is 1. The van der Waals surface area contributed by atoms with E-state index in [1.807, 2.05) is 13.8 Å². The molecule has 0 aromatic heterocycles. The largest absolute Gasteiger partial charge is 0.299 e. The van der Waals surface area contributed by atoms with Gasteiger partial charge in [0, 0.05) is 18.4 Å². The summed E-state index contributed by atoms with van der Waals surface area (Å²) in [5, 5.41) is 10.7. The molecule has 0 fully saturated rings. The maximum atomic E-state index is 11.6. The van der Waals surface area contributed by atoms with E-state index in [9.17, 15) is 14.9 Å². The van der Waals surface area contributed by atoms with Gasteiger partial charge in [-0.25, -0.2) is 0 Å². The number of carbonyl (C=O) groups is 1. The number of nitro benzene ring substituents is 1. The molecular weight excluding hydrogens is 242 g/mol. The molecule has 0 aliphatic heterocycles. The van der Waals surface area contributed by atoms with Gasteiger partial charge >= 0.3 is 0 Å². The van der Waals surface area contributed by atoms with Gasteiger partial charge in [0.1, 0.15) is 10.8 Å². The van der Waals surface area contributed by atoms with Gasteiger partial charge in [-0.2, -0.15) is 0 Å². The van der Waals surface area contributed by atoms with Crippen molar-refractivity contribution >= 4 is 23.1 Å². The van der Waals surface area contributed by atoms with Crippen LogP contribution < -0.4 is 0 Å². The molecule has 5 heteroatoms. The Morgan fingerprint density at radius 2 is 2.06 bits per heavy atom. The zero-order chi connectivity index (χ0) is 13.2. The van der Waals surface area contributed by atoms with E-state index in [0.717, 1.165) is 11.1 Å². The zero-order valence-corrected chi connectivity index (χ0v) is 10.7. The third kappa shape index (κ3) is 3.27. The molecule has 4 nitrogen and oxygen atoms in total. The summed E-state index contributed by atoms with van der Waals surface area (Å²) in [6.07, 6.45) is 0.265. The maximum absolute atomic E-state index is 11.6. The van der Waals surface area contributed by atoms with Gasteiger partial charge in [0.2, 0.25) is 0 Å². The van der Waals surface area contributed by atoms with Crippen molar-refractivity contribution in [3.05, 3.63) is 38.4 Å². The molecule has 0 radical (unpaired) electrons. The molecular formula is C12H14ClNO3. The number of rotatable bonds is 4. The normalized spacial score (nSPS) is 10.6. The average molecular weight is 256 g/mol. The Balaban J connectivity index is 3.08. The molecule has 0 saturated carbocycles. The average Bonchev–Trinajstić information content (AvgIpc) is 2.22. The fourth-order valence-electron chi connectivity index (χ4n) is 1.43. The topological polar surface area (TPSA) is 60.2 Å². The summed E-state index contributed by atoms with van der Waals surface area (Å²) < 4.78 is 0. The highest BCUT2D eigenvalue weighted by Crippen LogP contribution is 2.28. The monoisotopic (exact) mass is 255 g/mol. The number of ketones is 1. The summed E-state index contributed by atoms with van der Waals surface area (Å²) in [6, 6.07) is 2.92. The molecule has 1 rings (SSSR count). The highest BCUT2D eigenvalue weighted by Gasteiger charge is 2.17. The van der Waals surface area contributed by atoms with Crippen LogP contribution in [0.4, 0.5) is 5.69 Å². The first-order valence-corrected chi connectivity index (χ1v) is 5.67. The number of hydrogen-bond acceptors (Lipinski definition) is 3. The number of benzene rings is 1. The molecule has 0 heterocycles. The molecule has 92 valence electrons. The molecule has 1 aromatic carbocycles. The molecule has 17 heavy (non-hydrogen) atoms. The summed E-state index contributed by atoms with van der Waals surface area (Å²) >= 11 is 5.81. The van der Waals surface area contributed by atoms with Gasteiger partial charge in [-0.15, -0.1) is 0 Å². The molecule has 0 atom stereocenters. The first-order valence-electron chi connectivity index (χ1n) is 5.29. The van der Waals surface area contributed by atoms with Crippen molar-refractivity contribution in [3.63, 3.8) is 0 Å². The van der Waals surface area contributed by atoms with Gasteiger partial charge in [0.15, 0.2) is 0 Å². The molecule has 0 aliphatic rings. The SMILES string of the molecule is Cc1cc([N+](=O)[O-])c(Cl)cc1CC(=O)C(C)C. The Morgan fingerprint density at radius 3 is 2.53 bits per heavy atom. The van der Waals surface area contributed by atoms with E-state index in [0.29, 0.717) is 0 Å². The van der Waals surface area contributed by atoms with Crippen molar-refractivity contribution in [2.45, 2.75) is 27.2 Å². The molecule has 0 aliphatic carbocycles. The van der Waals surface area contributed by atoms with Crippen LogP contribution >= 0.6 is 11.6 Å². The van der Waals surface area contributed by atoms with Gasteiger partial charge in [-0.3, -0.25) is 14.9 Å². The lowest BCUT2D eigenvalue weighted by Crippen LogP contribution is -2.11. The number of Topliss-reactive ketones (excluding diaryl/α,β-unsaturated/α-hetero) is 1. The van der Waals surface area contributed by atoms with Crippen LogP contribution in [-0.4, -0.2) is 10.7 Å². The Hall–Kier alpha value is -1.42. The minimum atomic E-state index is -0.524. The number of nitro groups is 1. The molecule has 0 bridgehead atoms. The second kappa shape index (κ2) is 5.27. The molecule has 0 spiro atoms. The molecule has 1 aromatic rings. The molecule has 0 saturated heterocycles. The summed E-state index contributed by atoms with van der Waals surface area (Å²) in [4.78, 5) is 21.8. The Morgan fingerprint density at radius 1 is 1.47 bits per heavy atom. The van der Waals surface area contributed by atoms with Gasteiger partial charge in [-0.05, 0) is 24.1 Å². The van der Waals surface area contributed by atoms with Crippen LogP contribution in [0.25, 0.3) is 0 Å². The first-order chi connectivity index (χ1) is 7.82. The van der Waals surface area contributed by atoms with E-state index in [-0.39, 0.29) is 28.8 Å². The third-order valence-electron chi connectivity index (χ3n) is 2.61. The third-order valence-corrected chi connectivity index (χ3v) is 2.91. The first kappa shape index (κ1) is 13.6. The van der Waals surface area contributed by atoms with E-state index in [4.69, 9.17) is 11.6 Å². The van der Waals surface area contributed by atoms with Crippen LogP contribution in [-0.2, 0) is 11.2 Å². The van der Waals surface area contributed by atoms with Crippen LogP contribution in [0, 0.1) is 23.0 Å². The minimum Gasteiger partial charge on any atom is -0.299 e. The van der Waals surface area contributed by atoms with Crippen molar-refractivity contribution in [2.75, 3.05) is 0 Å². The van der Waals surface area contributed by atoms with Crippen LogP contribution in [0.5, 0.6) is 0 Å². The Kier molecular flexibility index (Phi) is 4.23. The van der Waals surface area contributed by atoms with Crippen molar-refractivity contribution in [2.24, 2.45) is 5.92 Å². The van der Waals surface area contributed by atoms with E-state index < -0.39 is 4.92 Å². The van der Waals surface area contributed by atoms with Crippen molar-refractivity contribution in [3.8, 4) is 0 Å². The minimum absolute atomic E-state index is 0.0524. The van der Waals surface area contributed by atoms with E-state index >= 15 is 0 Å². The van der Waals surface area contributed by atoms with Crippen LogP contribution in [0.1, 0.15) is 25.0 Å². The summed E-state index contributed by atoms with van der Waals surface area (Å²) in [5.41, 5.74) is 1.35. The van der Waals surface area contributed by atoms with Crippen molar-refractivity contribution in [1.29, 1.82) is 0 Å².